The number of hydrogen-bond donors (Lipinski definition) is 2. The number of ether oxygens (including phenoxy) is 3. The molecule has 2 aliphatic rings. The summed E-state index contributed by atoms with van der Waals surface area (Å²) in [6, 6.07) is 10.6. The lowest BCUT2D eigenvalue weighted by Crippen LogP contribution is -2.44. The number of aromatic nitrogens is 1. The quantitative estimate of drug-likeness (QED) is 0.561. The van der Waals surface area contributed by atoms with Crippen molar-refractivity contribution in [2.75, 3.05) is 57.9 Å². The number of fused-ring (bicyclic) bond motifs is 2. The fraction of sp³-hybridized carbons (Fsp3) is 0.360. The lowest BCUT2D eigenvalue weighted by atomic mass is 10.1. The second-order valence-electron chi connectivity index (χ2n) is 8.52. The van der Waals surface area contributed by atoms with E-state index >= 15 is 0 Å². The first-order valence-corrected chi connectivity index (χ1v) is 11.6. The first-order chi connectivity index (χ1) is 17.0. The lowest BCUT2D eigenvalue weighted by molar-refractivity contribution is 0.0349. The summed E-state index contributed by atoms with van der Waals surface area (Å²) in [5.74, 6) is 0.837. The van der Waals surface area contributed by atoms with Crippen LogP contribution < -0.4 is 20.3 Å². The number of carbonyl (C=O) groups is 1. The summed E-state index contributed by atoms with van der Waals surface area (Å²) in [6.45, 7) is 4.97. The topological polar surface area (TPSA) is 96.1 Å². The van der Waals surface area contributed by atoms with E-state index in [0.29, 0.717) is 67.8 Å². The third kappa shape index (κ3) is 5.55. The number of rotatable bonds is 6. The normalized spacial score (nSPS) is 15.7. The Labute approximate surface area is 201 Å². The molecule has 1 fully saturated rings. The van der Waals surface area contributed by atoms with Gasteiger partial charge in [0.1, 0.15) is 19.0 Å². The highest BCUT2D eigenvalue weighted by Crippen LogP contribution is 2.33. The largest absolute Gasteiger partial charge is 0.486 e. The van der Waals surface area contributed by atoms with Gasteiger partial charge in [-0.15, -0.1) is 0 Å². The van der Waals surface area contributed by atoms with Gasteiger partial charge in [0.2, 0.25) is 0 Å². The number of nitrogens with zero attached hydrogens (tertiary/aromatic N) is 2. The molecule has 3 heterocycles. The van der Waals surface area contributed by atoms with Gasteiger partial charge in [-0.2, -0.15) is 0 Å². The molecule has 9 nitrogen and oxygen atoms in total. The van der Waals surface area contributed by atoms with Crippen LogP contribution in [0.15, 0.2) is 47.3 Å². The van der Waals surface area contributed by atoms with Crippen molar-refractivity contribution in [2.24, 2.45) is 0 Å². The zero-order chi connectivity index (χ0) is 24.2. The molecule has 0 radical (unpaired) electrons. The number of H-pyrrole nitrogens is 1. The Morgan fingerprint density at radius 2 is 1.74 bits per heavy atom. The monoisotopic (exact) mass is 482 g/mol. The van der Waals surface area contributed by atoms with E-state index in [1.807, 2.05) is 6.07 Å². The van der Waals surface area contributed by atoms with Gasteiger partial charge in [-0.05, 0) is 36.4 Å². The Balaban J connectivity index is 1.38. The molecule has 1 saturated heterocycles. The predicted octanol–water partition coefficient (Wildman–Crippen LogP) is 2.80. The van der Waals surface area contributed by atoms with Crippen molar-refractivity contribution in [3.8, 4) is 11.5 Å². The average molecular weight is 483 g/mol. The maximum absolute atomic E-state index is 13.3. The first-order valence-electron chi connectivity index (χ1n) is 11.6. The highest BCUT2D eigenvalue weighted by atomic mass is 19.1. The lowest BCUT2D eigenvalue weighted by Gasteiger charge is -2.30. The zero-order valence-corrected chi connectivity index (χ0v) is 19.2. The van der Waals surface area contributed by atoms with Gasteiger partial charge in [-0.25, -0.2) is 9.18 Å². The second kappa shape index (κ2) is 10.3. The summed E-state index contributed by atoms with van der Waals surface area (Å²) in [5.41, 5.74) is 1.29. The van der Waals surface area contributed by atoms with Crippen LogP contribution in [0, 0.1) is 5.82 Å². The molecule has 2 amide bonds. The number of benzene rings is 2. The molecule has 1 aromatic heterocycles. The third-order valence-corrected chi connectivity index (χ3v) is 6.12. The highest BCUT2D eigenvalue weighted by molar-refractivity contribution is 5.89. The van der Waals surface area contributed by atoms with E-state index in [1.54, 1.807) is 17.0 Å². The summed E-state index contributed by atoms with van der Waals surface area (Å²) in [7, 11) is 0. The Morgan fingerprint density at radius 3 is 2.49 bits per heavy atom. The number of amides is 2. The summed E-state index contributed by atoms with van der Waals surface area (Å²) in [5, 5.41) is 3.59. The van der Waals surface area contributed by atoms with Crippen LogP contribution in [0.2, 0.25) is 0 Å². The predicted molar refractivity (Wildman–Crippen MR) is 129 cm³/mol. The summed E-state index contributed by atoms with van der Waals surface area (Å²) < 4.78 is 30.0. The van der Waals surface area contributed by atoms with E-state index in [4.69, 9.17) is 14.2 Å². The summed E-state index contributed by atoms with van der Waals surface area (Å²) >= 11 is 0. The number of aromatic amines is 1. The van der Waals surface area contributed by atoms with Gasteiger partial charge in [0.05, 0.1) is 25.3 Å². The molecule has 35 heavy (non-hydrogen) atoms. The van der Waals surface area contributed by atoms with Gasteiger partial charge in [0.25, 0.3) is 5.56 Å². The van der Waals surface area contributed by atoms with Gasteiger partial charge >= 0.3 is 6.03 Å². The Morgan fingerprint density at radius 1 is 1.03 bits per heavy atom. The van der Waals surface area contributed by atoms with Crippen molar-refractivity contribution in [1.82, 2.24) is 14.8 Å². The molecule has 0 aliphatic carbocycles. The minimum atomic E-state index is -0.383. The summed E-state index contributed by atoms with van der Waals surface area (Å²) in [6.07, 6.45) is 0. The van der Waals surface area contributed by atoms with Gasteiger partial charge in [0.15, 0.2) is 11.5 Å². The molecule has 5 rings (SSSR count). The van der Waals surface area contributed by atoms with Crippen LogP contribution in [0.4, 0.5) is 14.9 Å². The molecule has 0 spiro atoms. The number of hydrogen-bond acceptors (Lipinski definition) is 6. The number of nitrogens with one attached hydrogen (secondary N) is 2. The van der Waals surface area contributed by atoms with Crippen molar-refractivity contribution in [3.63, 3.8) is 0 Å². The Bertz CT molecular complexity index is 1260. The fourth-order valence-corrected chi connectivity index (χ4v) is 4.19. The Kier molecular flexibility index (Phi) is 6.82. The molecule has 0 atom stereocenters. The number of halogens is 1. The van der Waals surface area contributed by atoms with Crippen LogP contribution in [0.3, 0.4) is 0 Å². The maximum atomic E-state index is 13.3. The van der Waals surface area contributed by atoms with Crippen molar-refractivity contribution < 1.29 is 23.4 Å². The van der Waals surface area contributed by atoms with Crippen LogP contribution >= 0.6 is 0 Å². The van der Waals surface area contributed by atoms with Crippen LogP contribution in [0.5, 0.6) is 11.5 Å². The smallest absolute Gasteiger partial charge is 0.322 e. The second-order valence-corrected chi connectivity index (χ2v) is 8.52. The van der Waals surface area contributed by atoms with Crippen LogP contribution in [0.25, 0.3) is 10.9 Å². The molecular weight excluding hydrogens is 455 g/mol. The van der Waals surface area contributed by atoms with Gasteiger partial charge in [-0.3, -0.25) is 9.69 Å². The molecule has 3 aromatic rings. The molecule has 2 N–H and O–H groups in total. The Hall–Kier alpha value is -3.63. The number of pyridine rings is 1. The minimum Gasteiger partial charge on any atom is -0.486 e. The van der Waals surface area contributed by atoms with Gasteiger partial charge in [0, 0.05) is 48.9 Å². The van der Waals surface area contributed by atoms with Gasteiger partial charge in [-0.1, -0.05) is 0 Å². The van der Waals surface area contributed by atoms with E-state index in [2.05, 4.69) is 15.2 Å². The van der Waals surface area contributed by atoms with E-state index in [1.165, 1.54) is 24.3 Å². The maximum Gasteiger partial charge on any atom is 0.322 e. The van der Waals surface area contributed by atoms with Gasteiger partial charge < -0.3 is 29.4 Å². The van der Waals surface area contributed by atoms with E-state index in [-0.39, 0.29) is 24.0 Å². The fourth-order valence-electron chi connectivity index (χ4n) is 4.19. The van der Waals surface area contributed by atoms with Crippen LogP contribution in [-0.2, 0) is 11.3 Å². The first kappa shape index (κ1) is 23.1. The molecule has 10 heteroatoms. The standard InChI is InChI=1S/C25H27FN4O5/c26-19-1-3-20(4-2-19)27-25(32)30(6-5-29-7-9-33-10-8-29)16-18-13-17-14-22-23(35-12-11-34-22)15-21(17)28-24(18)31/h1-4,13-15H,5-12,16H2,(H,27,32)(H,28,31). The molecule has 2 aliphatic heterocycles. The van der Waals surface area contributed by atoms with Crippen molar-refractivity contribution >= 4 is 22.6 Å². The zero-order valence-electron chi connectivity index (χ0n) is 19.2. The van der Waals surface area contributed by atoms with E-state index < -0.39 is 0 Å². The third-order valence-electron chi connectivity index (χ3n) is 6.12. The molecule has 0 unspecified atom stereocenters. The SMILES string of the molecule is O=C(Nc1ccc(F)cc1)N(CCN1CCOCC1)Cc1cc2cc3c(cc2[nH]c1=O)OCCO3. The van der Waals surface area contributed by atoms with Crippen molar-refractivity contribution in [2.45, 2.75) is 6.54 Å². The molecule has 184 valence electrons. The van der Waals surface area contributed by atoms with Crippen molar-refractivity contribution in [3.05, 3.63) is 64.2 Å². The number of urea groups is 1. The molecular formula is C25H27FN4O5. The highest BCUT2D eigenvalue weighted by Gasteiger charge is 2.20. The van der Waals surface area contributed by atoms with E-state index in [0.717, 1.165) is 18.5 Å². The molecule has 0 bridgehead atoms. The van der Waals surface area contributed by atoms with Crippen molar-refractivity contribution in [1.29, 1.82) is 0 Å². The number of carbonyl (C=O) groups excluding carboxylic acids is 1. The van der Waals surface area contributed by atoms with E-state index in [9.17, 15) is 14.0 Å². The molecule has 0 saturated carbocycles. The summed E-state index contributed by atoms with van der Waals surface area (Å²) in [4.78, 5) is 32.8. The minimum absolute atomic E-state index is 0.108. The van der Waals surface area contributed by atoms with Crippen LogP contribution in [-0.4, -0.2) is 73.4 Å². The number of anilines is 1. The van der Waals surface area contributed by atoms with Crippen LogP contribution in [0.1, 0.15) is 5.56 Å². The molecule has 2 aromatic carbocycles. The number of morpholine rings is 1. The average Bonchev–Trinajstić information content (AvgIpc) is 2.87.